The van der Waals surface area contributed by atoms with Crippen LogP contribution in [0.25, 0.3) is 0 Å². The molecule has 108 valence electrons. The van der Waals surface area contributed by atoms with Crippen LogP contribution in [0, 0.1) is 17.0 Å². The number of esters is 1. The molecule has 0 radical (unpaired) electrons. The van der Waals surface area contributed by atoms with E-state index in [9.17, 15) is 20.0 Å². The van der Waals surface area contributed by atoms with E-state index in [0.717, 1.165) is 5.56 Å². The number of nitrogens with zero attached hydrogens (tertiary/aromatic N) is 1. The van der Waals surface area contributed by atoms with Gasteiger partial charge in [-0.3, -0.25) is 10.1 Å². The molecule has 0 aliphatic rings. The Morgan fingerprint density at radius 3 is 2.67 bits per heavy atom. The third-order valence-electron chi connectivity index (χ3n) is 2.92. The Labute approximate surface area is 120 Å². The summed E-state index contributed by atoms with van der Waals surface area (Å²) in [6, 6.07) is 10.6. The minimum absolute atomic E-state index is 0.0270. The first-order chi connectivity index (χ1) is 9.99. The Hall–Kier alpha value is -2.89. The normalized spacial score (nSPS) is 10.1. The van der Waals surface area contributed by atoms with Gasteiger partial charge in [-0.1, -0.05) is 18.2 Å². The Morgan fingerprint density at radius 1 is 1.29 bits per heavy atom. The van der Waals surface area contributed by atoms with E-state index in [2.05, 4.69) is 0 Å². The topological polar surface area (TPSA) is 89.7 Å². The predicted molar refractivity (Wildman–Crippen MR) is 75.1 cm³/mol. The number of carbonyl (C=O) groups is 1. The van der Waals surface area contributed by atoms with E-state index in [1.807, 2.05) is 0 Å². The van der Waals surface area contributed by atoms with Gasteiger partial charge in [-0.2, -0.15) is 0 Å². The van der Waals surface area contributed by atoms with Gasteiger partial charge in [0, 0.05) is 6.07 Å². The monoisotopic (exact) mass is 287 g/mol. The number of nitro benzene ring substituents is 1. The molecule has 0 aliphatic carbocycles. The minimum Gasteiger partial charge on any atom is -0.507 e. The summed E-state index contributed by atoms with van der Waals surface area (Å²) in [5.41, 5.74) is 1.02. The highest BCUT2D eigenvalue weighted by molar-refractivity contribution is 5.92. The van der Waals surface area contributed by atoms with E-state index < -0.39 is 10.9 Å². The number of carbonyl (C=O) groups excluding carboxylic acids is 1. The van der Waals surface area contributed by atoms with Crippen LogP contribution in [0.5, 0.6) is 5.75 Å². The Bertz CT molecular complexity index is 696. The number of aryl methyl sites for hydroxylation is 1. The highest BCUT2D eigenvalue weighted by Crippen LogP contribution is 2.22. The fourth-order valence-corrected chi connectivity index (χ4v) is 1.85. The molecule has 0 aliphatic heterocycles. The van der Waals surface area contributed by atoms with Crippen molar-refractivity contribution in [2.75, 3.05) is 0 Å². The molecule has 6 heteroatoms. The van der Waals surface area contributed by atoms with E-state index >= 15 is 0 Å². The first-order valence-corrected chi connectivity index (χ1v) is 6.18. The average Bonchev–Trinajstić information content (AvgIpc) is 2.45. The van der Waals surface area contributed by atoms with Crippen LogP contribution in [-0.4, -0.2) is 16.0 Å². The van der Waals surface area contributed by atoms with Gasteiger partial charge in [0.1, 0.15) is 17.9 Å². The summed E-state index contributed by atoms with van der Waals surface area (Å²) >= 11 is 0. The zero-order chi connectivity index (χ0) is 15.4. The first-order valence-electron chi connectivity index (χ1n) is 6.18. The molecule has 6 nitrogen and oxygen atoms in total. The molecule has 2 aromatic carbocycles. The van der Waals surface area contributed by atoms with E-state index in [-0.39, 0.29) is 23.6 Å². The maximum absolute atomic E-state index is 11.9. The first kappa shape index (κ1) is 14.5. The number of aromatic hydroxyl groups is 1. The van der Waals surface area contributed by atoms with Crippen molar-refractivity contribution in [2.24, 2.45) is 0 Å². The van der Waals surface area contributed by atoms with E-state index in [4.69, 9.17) is 4.74 Å². The number of ether oxygens (including phenoxy) is 1. The zero-order valence-corrected chi connectivity index (χ0v) is 11.3. The van der Waals surface area contributed by atoms with Gasteiger partial charge in [0.25, 0.3) is 5.69 Å². The molecule has 21 heavy (non-hydrogen) atoms. The smallest absolute Gasteiger partial charge is 0.342 e. The van der Waals surface area contributed by atoms with Crippen LogP contribution in [-0.2, 0) is 11.3 Å². The number of benzene rings is 2. The summed E-state index contributed by atoms with van der Waals surface area (Å²) in [7, 11) is 0. The van der Waals surface area contributed by atoms with Crippen molar-refractivity contribution in [2.45, 2.75) is 13.5 Å². The average molecular weight is 287 g/mol. The fourth-order valence-electron chi connectivity index (χ4n) is 1.85. The van der Waals surface area contributed by atoms with Crippen molar-refractivity contribution >= 4 is 11.7 Å². The van der Waals surface area contributed by atoms with E-state index in [1.54, 1.807) is 19.1 Å². The number of phenols is 1. The number of phenolic OH excluding ortho intramolecular Hbond substituents is 1. The number of hydrogen-bond acceptors (Lipinski definition) is 5. The summed E-state index contributed by atoms with van der Waals surface area (Å²) in [6.07, 6.45) is 0. The Balaban J connectivity index is 2.13. The lowest BCUT2D eigenvalue weighted by Gasteiger charge is -2.07. The lowest BCUT2D eigenvalue weighted by atomic mass is 10.1. The molecule has 0 saturated carbocycles. The van der Waals surface area contributed by atoms with Crippen molar-refractivity contribution < 1.29 is 19.6 Å². The summed E-state index contributed by atoms with van der Waals surface area (Å²) in [4.78, 5) is 22.2. The number of nitro groups is 1. The number of para-hydroxylation sites is 1. The second kappa shape index (κ2) is 6.04. The van der Waals surface area contributed by atoms with Crippen molar-refractivity contribution in [3.8, 4) is 5.75 Å². The maximum Gasteiger partial charge on any atom is 0.342 e. The van der Waals surface area contributed by atoms with Crippen LogP contribution in [0.2, 0.25) is 0 Å². The predicted octanol–water partition coefficient (Wildman–Crippen LogP) is 2.97. The largest absolute Gasteiger partial charge is 0.507 e. The number of hydrogen-bond donors (Lipinski definition) is 1. The van der Waals surface area contributed by atoms with Crippen molar-refractivity contribution in [1.82, 2.24) is 0 Å². The SMILES string of the molecule is Cc1ccc(C(=O)OCc2ccccc2[N+](=O)[O-])c(O)c1. The fraction of sp³-hybridized carbons (Fsp3) is 0.133. The second-order valence-corrected chi connectivity index (χ2v) is 4.48. The second-order valence-electron chi connectivity index (χ2n) is 4.48. The highest BCUT2D eigenvalue weighted by atomic mass is 16.6. The van der Waals surface area contributed by atoms with Gasteiger partial charge in [0.2, 0.25) is 0 Å². The molecule has 0 heterocycles. The van der Waals surface area contributed by atoms with Crippen LogP contribution in [0.4, 0.5) is 5.69 Å². The minimum atomic E-state index is -0.731. The quantitative estimate of drug-likeness (QED) is 0.530. The van der Waals surface area contributed by atoms with Crippen LogP contribution in [0.15, 0.2) is 42.5 Å². The molecule has 0 saturated heterocycles. The molecule has 1 N–H and O–H groups in total. The van der Waals surface area contributed by atoms with Crippen molar-refractivity contribution in [1.29, 1.82) is 0 Å². The molecule has 0 spiro atoms. The third kappa shape index (κ3) is 3.36. The third-order valence-corrected chi connectivity index (χ3v) is 2.92. The summed E-state index contributed by atoms with van der Waals surface area (Å²) < 4.78 is 5.02. The molecule has 0 amide bonds. The lowest BCUT2D eigenvalue weighted by molar-refractivity contribution is -0.385. The van der Waals surface area contributed by atoms with Crippen LogP contribution >= 0.6 is 0 Å². The number of rotatable bonds is 4. The molecule has 2 aromatic rings. The summed E-state index contributed by atoms with van der Waals surface area (Å²) in [6.45, 7) is 1.55. The van der Waals surface area contributed by atoms with Crippen LogP contribution in [0.3, 0.4) is 0 Å². The van der Waals surface area contributed by atoms with Gasteiger partial charge in [-0.05, 0) is 30.7 Å². The van der Waals surface area contributed by atoms with Crippen molar-refractivity contribution in [3.05, 3.63) is 69.3 Å². The van der Waals surface area contributed by atoms with Gasteiger partial charge in [0.05, 0.1) is 10.5 Å². The molecule has 0 fully saturated rings. The Morgan fingerprint density at radius 2 is 2.00 bits per heavy atom. The zero-order valence-electron chi connectivity index (χ0n) is 11.3. The van der Waals surface area contributed by atoms with Gasteiger partial charge in [-0.15, -0.1) is 0 Å². The van der Waals surface area contributed by atoms with Crippen molar-refractivity contribution in [3.63, 3.8) is 0 Å². The summed E-state index contributed by atoms with van der Waals surface area (Å²) in [5, 5.41) is 20.5. The molecular formula is C15H13NO5. The Kier molecular flexibility index (Phi) is 4.18. The summed E-state index contributed by atoms with van der Waals surface area (Å²) in [5.74, 6) is -0.909. The van der Waals surface area contributed by atoms with E-state index in [1.165, 1.54) is 30.3 Å². The standard InChI is InChI=1S/C15H13NO5/c1-10-6-7-12(14(17)8-10)15(18)21-9-11-4-2-3-5-13(11)16(19)20/h2-8,17H,9H2,1H3. The van der Waals surface area contributed by atoms with Gasteiger partial charge < -0.3 is 9.84 Å². The highest BCUT2D eigenvalue weighted by Gasteiger charge is 2.16. The van der Waals surface area contributed by atoms with Crippen LogP contribution < -0.4 is 0 Å². The molecule has 0 aromatic heterocycles. The molecule has 0 unspecified atom stereocenters. The van der Waals surface area contributed by atoms with E-state index in [0.29, 0.717) is 5.56 Å². The van der Waals surface area contributed by atoms with Crippen LogP contribution in [0.1, 0.15) is 21.5 Å². The lowest BCUT2D eigenvalue weighted by Crippen LogP contribution is -2.07. The van der Waals surface area contributed by atoms with Gasteiger partial charge in [-0.25, -0.2) is 4.79 Å². The molecule has 0 bridgehead atoms. The molecule has 2 rings (SSSR count). The molecular weight excluding hydrogens is 274 g/mol. The van der Waals surface area contributed by atoms with Gasteiger partial charge in [0.15, 0.2) is 0 Å². The van der Waals surface area contributed by atoms with Gasteiger partial charge >= 0.3 is 5.97 Å². The molecule has 0 atom stereocenters. The maximum atomic E-state index is 11.9.